The molecule has 1 unspecified atom stereocenters. The maximum atomic E-state index is 4.43. The van der Waals surface area contributed by atoms with E-state index in [1.54, 1.807) is 4.68 Å². The lowest BCUT2D eigenvalue weighted by atomic mass is 10.1. The van der Waals surface area contributed by atoms with Crippen molar-refractivity contribution < 1.29 is 0 Å². The lowest BCUT2D eigenvalue weighted by Crippen LogP contribution is -2.09. The molecule has 0 bridgehead atoms. The number of rotatable bonds is 3. The van der Waals surface area contributed by atoms with Gasteiger partial charge in [-0.3, -0.25) is 9.36 Å². The highest BCUT2D eigenvalue weighted by Crippen LogP contribution is 2.23. The second kappa shape index (κ2) is 4.24. The van der Waals surface area contributed by atoms with E-state index in [1.165, 1.54) is 11.3 Å². The molecule has 2 aromatic heterocycles. The highest BCUT2D eigenvalue weighted by molar-refractivity contribution is 5.39. The molecule has 92 valence electrons. The molecule has 0 aliphatic heterocycles. The molecule has 0 saturated carbocycles. The van der Waals surface area contributed by atoms with Gasteiger partial charge in [-0.15, -0.1) is 0 Å². The van der Waals surface area contributed by atoms with Gasteiger partial charge in [-0.2, -0.15) is 10.2 Å². The first-order valence-electron chi connectivity index (χ1n) is 5.75. The Morgan fingerprint density at radius 2 is 1.94 bits per heavy atom. The zero-order valence-corrected chi connectivity index (χ0v) is 11.0. The van der Waals surface area contributed by atoms with Crippen LogP contribution in [0.25, 0.3) is 0 Å². The molecule has 1 atom stereocenters. The molecule has 0 aromatic carbocycles. The monoisotopic (exact) mass is 233 g/mol. The van der Waals surface area contributed by atoms with Crippen molar-refractivity contribution in [1.82, 2.24) is 19.6 Å². The number of hydrogen-bond donors (Lipinski definition) is 1. The Bertz CT molecular complexity index is 523. The molecule has 0 saturated heterocycles. The SMILES string of the molecule is Cc1nn(C)c(C)c1C(C)Nc1ccn(C)n1. The van der Waals surface area contributed by atoms with Crippen LogP contribution in [0.5, 0.6) is 0 Å². The number of nitrogens with one attached hydrogen (secondary N) is 1. The summed E-state index contributed by atoms with van der Waals surface area (Å²) in [5.41, 5.74) is 3.51. The summed E-state index contributed by atoms with van der Waals surface area (Å²) >= 11 is 0. The zero-order valence-electron chi connectivity index (χ0n) is 11.0. The van der Waals surface area contributed by atoms with Crippen molar-refractivity contribution in [2.24, 2.45) is 14.1 Å². The molecule has 0 amide bonds. The molecule has 17 heavy (non-hydrogen) atoms. The van der Waals surface area contributed by atoms with Crippen LogP contribution in [0.15, 0.2) is 12.3 Å². The Labute approximate surface area is 101 Å². The van der Waals surface area contributed by atoms with Gasteiger partial charge in [0, 0.05) is 37.6 Å². The minimum absolute atomic E-state index is 0.207. The molecule has 0 spiro atoms. The molecule has 0 aliphatic carbocycles. The maximum absolute atomic E-state index is 4.43. The van der Waals surface area contributed by atoms with Crippen LogP contribution in [0.1, 0.15) is 29.9 Å². The highest BCUT2D eigenvalue weighted by atomic mass is 15.3. The molecule has 0 fully saturated rings. The molecular formula is C12H19N5. The molecule has 0 radical (unpaired) electrons. The number of aryl methyl sites for hydroxylation is 3. The fourth-order valence-corrected chi connectivity index (χ4v) is 2.20. The first-order chi connectivity index (χ1) is 7.99. The second-order valence-corrected chi connectivity index (χ2v) is 4.45. The first kappa shape index (κ1) is 11.7. The average Bonchev–Trinajstić information content (AvgIpc) is 2.73. The van der Waals surface area contributed by atoms with E-state index >= 15 is 0 Å². The van der Waals surface area contributed by atoms with E-state index in [1.807, 2.05) is 38.0 Å². The summed E-state index contributed by atoms with van der Waals surface area (Å²) in [5, 5.41) is 12.1. The summed E-state index contributed by atoms with van der Waals surface area (Å²) < 4.78 is 3.71. The van der Waals surface area contributed by atoms with Gasteiger partial charge < -0.3 is 5.32 Å². The van der Waals surface area contributed by atoms with Crippen LogP contribution in [0.3, 0.4) is 0 Å². The summed E-state index contributed by atoms with van der Waals surface area (Å²) in [6.45, 7) is 6.26. The summed E-state index contributed by atoms with van der Waals surface area (Å²) in [7, 11) is 3.88. The Kier molecular flexibility index (Phi) is 2.92. The van der Waals surface area contributed by atoms with Crippen LogP contribution in [0.2, 0.25) is 0 Å². The maximum Gasteiger partial charge on any atom is 0.148 e. The topological polar surface area (TPSA) is 47.7 Å². The van der Waals surface area contributed by atoms with Crippen molar-refractivity contribution in [3.05, 3.63) is 29.2 Å². The first-order valence-corrected chi connectivity index (χ1v) is 5.75. The Morgan fingerprint density at radius 3 is 2.41 bits per heavy atom. The molecule has 1 N–H and O–H groups in total. The predicted molar refractivity (Wildman–Crippen MR) is 67.9 cm³/mol. The predicted octanol–water partition coefficient (Wildman–Crippen LogP) is 1.94. The van der Waals surface area contributed by atoms with Crippen molar-refractivity contribution in [3.8, 4) is 0 Å². The van der Waals surface area contributed by atoms with Gasteiger partial charge in [0.25, 0.3) is 0 Å². The average molecular weight is 233 g/mol. The van der Waals surface area contributed by atoms with E-state index in [9.17, 15) is 0 Å². The number of aromatic nitrogens is 4. The summed E-state index contributed by atoms with van der Waals surface area (Å²) in [6.07, 6.45) is 1.93. The molecule has 2 aromatic rings. The number of anilines is 1. The fourth-order valence-electron chi connectivity index (χ4n) is 2.20. The highest BCUT2D eigenvalue weighted by Gasteiger charge is 2.16. The van der Waals surface area contributed by atoms with Gasteiger partial charge >= 0.3 is 0 Å². The van der Waals surface area contributed by atoms with Crippen molar-refractivity contribution >= 4 is 5.82 Å². The second-order valence-electron chi connectivity index (χ2n) is 4.45. The number of nitrogens with zero attached hydrogens (tertiary/aromatic N) is 4. The Balaban J connectivity index is 2.22. The lowest BCUT2D eigenvalue weighted by molar-refractivity contribution is 0.727. The summed E-state index contributed by atoms with van der Waals surface area (Å²) in [6, 6.07) is 2.18. The van der Waals surface area contributed by atoms with Gasteiger partial charge in [-0.1, -0.05) is 0 Å². The molecular weight excluding hydrogens is 214 g/mol. The molecule has 5 heteroatoms. The van der Waals surface area contributed by atoms with Crippen molar-refractivity contribution in [2.45, 2.75) is 26.8 Å². The van der Waals surface area contributed by atoms with Gasteiger partial charge in [-0.25, -0.2) is 0 Å². The van der Waals surface area contributed by atoms with Crippen molar-refractivity contribution in [2.75, 3.05) is 5.32 Å². The lowest BCUT2D eigenvalue weighted by Gasteiger charge is -2.13. The third-order valence-corrected chi connectivity index (χ3v) is 3.08. The third kappa shape index (κ3) is 2.18. The smallest absolute Gasteiger partial charge is 0.148 e. The third-order valence-electron chi connectivity index (χ3n) is 3.08. The van der Waals surface area contributed by atoms with Crippen molar-refractivity contribution in [1.29, 1.82) is 0 Å². The molecule has 2 heterocycles. The van der Waals surface area contributed by atoms with Gasteiger partial charge in [0.2, 0.25) is 0 Å². The van der Waals surface area contributed by atoms with Gasteiger partial charge in [-0.05, 0) is 20.8 Å². The van der Waals surface area contributed by atoms with Crippen LogP contribution in [-0.2, 0) is 14.1 Å². The van der Waals surface area contributed by atoms with Crippen LogP contribution in [0, 0.1) is 13.8 Å². The molecule has 2 rings (SSSR count). The Morgan fingerprint density at radius 1 is 1.24 bits per heavy atom. The van der Waals surface area contributed by atoms with E-state index < -0.39 is 0 Å². The largest absolute Gasteiger partial charge is 0.362 e. The molecule has 0 aliphatic rings. The van der Waals surface area contributed by atoms with Gasteiger partial charge in [0.1, 0.15) is 5.82 Å². The van der Waals surface area contributed by atoms with E-state index in [-0.39, 0.29) is 6.04 Å². The van der Waals surface area contributed by atoms with E-state index in [4.69, 9.17) is 0 Å². The van der Waals surface area contributed by atoms with E-state index in [0.29, 0.717) is 0 Å². The van der Waals surface area contributed by atoms with Crippen LogP contribution in [-0.4, -0.2) is 19.6 Å². The normalized spacial score (nSPS) is 12.8. The van der Waals surface area contributed by atoms with Crippen LogP contribution < -0.4 is 5.32 Å². The van der Waals surface area contributed by atoms with Crippen molar-refractivity contribution in [3.63, 3.8) is 0 Å². The summed E-state index contributed by atoms with van der Waals surface area (Å²) in [4.78, 5) is 0. The quantitative estimate of drug-likeness (QED) is 0.881. The standard InChI is InChI=1S/C12H19N5/c1-8(13-11-6-7-16(4)15-11)12-9(2)14-17(5)10(12)3/h6-8H,1-5H3,(H,13,15). The van der Waals surface area contributed by atoms with E-state index in [2.05, 4.69) is 29.4 Å². The van der Waals surface area contributed by atoms with Crippen LogP contribution in [0.4, 0.5) is 5.82 Å². The minimum Gasteiger partial charge on any atom is -0.362 e. The Hall–Kier alpha value is -1.78. The fraction of sp³-hybridized carbons (Fsp3) is 0.500. The number of hydrogen-bond acceptors (Lipinski definition) is 3. The zero-order chi connectivity index (χ0) is 12.6. The van der Waals surface area contributed by atoms with Gasteiger partial charge in [0.15, 0.2) is 0 Å². The van der Waals surface area contributed by atoms with Gasteiger partial charge in [0.05, 0.1) is 11.7 Å². The molecule has 5 nitrogen and oxygen atoms in total. The summed E-state index contributed by atoms with van der Waals surface area (Å²) in [5.74, 6) is 0.891. The van der Waals surface area contributed by atoms with Crippen LogP contribution >= 0.6 is 0 Å². The van der Waals surface area contributed by atoms with E-state index in [0.717, 1.165) is 11.5 Å². The minimum atomic E-state index is 0.207.